The first kappa shape index (κ1) is 14.4. The average Bonchev–Trinajstić information content (AvgIpc) is 2.91. The highest BCUT2D eigenvalue weighted by Gasteiger charge is 2.10. The number of nitrogens with zero attached hydrogens (tertiary/aromatic N) is 2. The molecule has 0 amide bonds. The molecule has 0 spiro atoms. The Morgan fingerprint density at radius 2 is 1.64 bits per heavy atom. The summed E-state index contributed by atoms with van der Waals surface area (Å²) in [6.07, 6.45) is 1.86. The van der Waals surface area contributed by atoms with Crippen LogP contribution < -0.4 is 4.74 Å². The van der Waals surface area contributed by atoms with Crippen molar-refractivity contribution in [3.05, 3.63) is 66.5 Å². The van der Waals surface area contributed by atoms with Crippen molar-refractivity contribution in [3.8, 4) is 22.6 Å². The normalized spacial score (nSPS) is 10.6. The second kappa shape index (κ2) is 6.45. The van der Waals surface area contributed by atoms with E-state index in [1.165, 1.54) is 0 Å². The zero-order valence-electron chi connectivity index (χ0n) is 12.7. The maximum absolute atomic E-state index is 5.81. The Hall–Kier alpha value is -2.59. The smallest absolute Gasteiger partial charge is 0.127 e. The number of rotatable bonds is 5. The van der Waals surface area contributed by atoms with Gasteiger partial charge in [0, 0.05) is 19.7 Å². The van der Waals surface area contributed by atoms with Gasteiger partial charge in [0.2, 0.25) is 0 Å². The number of aromatic nitrogens is 2. The summed E-state index contributed by atoms with van der Waals surface area (Å²) in [6.45, 7) is 0.536. The molecule has 0 unspecified atom stereocenters. The summed E-state index contributed by atoms with van der Waals surface area (Å²) >= 11 is 0. The summed E-state index contributed by atoms with van der Waals surface area (Å²) in [5.74, 6) is 1.64. The Kier molecular flexibility index (Phi) is 4.21. The molecule has 4 heteroatoms. The minimum absolute atomic E-state index is 0.536. The average molecular weight is 294 g/mol. The fraction of sp³-hybridized carbons (Fsp3) is 0.167. The van der Waals surface area contributed by atoms with E-state index in [1.54, 1.807) is 7.11 Å². The van der Waals surface area contributed by atoms with Crippen LogP contribution >= 0.6 is 0 Å². The SMILES string of the molecule is COCc1c(-c2ccc(Oc3ccccc3)cc2)cnn1C. The van der Waals surface area contributed by atoms with Crippen LogP contribution in [0, 0.1) is 0 Å². The molecule has 0 saturated carbocycles. The molecule has 2 aromatic carbocycles. The van der Waals surface area contributed by atoms with Crippen molar-refractivity contribution in [1.82, 2.24) is 9.78 Å². The number of para-hydroxylation sites is 1. The molecule has 1 aromatic heterocycles. The number of aryl methyl sites for hydroxylation is 1. The minimum Gasteiger partial charge on any atom is -0.457 e. The van der Waals surface area contributed by atoms with Gasteiger partial charge in [-0.2, -0.15) is 5.10 Å². The number of benzene rings is 2. The van der Waals surface area contributed by atoms with Crippen LogP contribution in [0.1, 0.15) is 5.69 Å². The van der Waals surface area contributed by atoms with Crippen molar-refractivity contribution < 1.29 is 9.47 Å². The second-order valence-corrected chi connectivity index (χ2v) is 5.00. The van der Waals surface area contributed by atoms with E-state index in [0.717, 1.165) is 28.3 Å². The van der Waals surface area contributed by atoms with Crippen molar-refractivity contribution in [2.24, 2.45) is 7.05 Å². The third kappa shape index (κ3) is 3.02. The number of hydrogen-bond acceptors (Lipinski definition) is 3. The van der Waals surface area contributed by atoms with Crippen LogP contribution in [0.25, 0.3) is 11.1 Å². The van der Waals surface area contributed by atoms with Gasteiger partial charge in [0.05, 0.1) is 18.5 Å². The molecule has 0 aliphatic heterocycles. The van der Waals surface area contributed by atoms with Crippen LogP contribution in [0.5, 0.6) is 11.5 Å². The molecule has 0 bridgehead atoms. The second-order valence-electron chi connectivity index (χ2n) is 5.00. The Bertz CT molecular complexity index is 734. The van der Waals surface area contributed by atoms with Crippen molar-refractivity contribution in [2.45, 2.75) is 6.61 Å². The van der Waals surface area contributed by atoms with Gasteiger partial charge in [-0.25, -0.2) is 0 Å². The van der Waals surface area contributed by atoms with Crippen LogP contribution in [0.3, 0.4) is 0 Å². The van der Waals surface area contributed by atoms with E-state index in [1.807, 2.05) is 72.5 Å². The van der Waals surface area contributed by atoms with Crippen LogP contribution in [-0.2, 0) is 18.4 Å². The summed E-state index contributed by atoms with van der Waals surface area (Å²) in [6, 6.07) is 17.8. The summed E-state index contributed by atoms with van der Waals surface area (Å²) < 4.78 is 12.9. The molecule has 22 heavy (non-hydrogen) atoms. The molecule has 0 aliphatic carbocycles. The summed E-state index contributed by atoms with van der Waals surface area (Å²) in [5.41, 5.74) is 3.23. The highest BCUT2D eigenvalue weighted by Crippen LogP contribution is 2.27. The van der Waals surface area contributed by atoms with Gasteiger partial charge in [0.15, 0.2) is 0 Å². The zero-order valence-corrected chi connectivity index (χ0v) is 12.7. The zero-order chi connectivity index (χ0) is 15.4. The largest absolute Gasteiger partial charge is 0.457 e. The lowest BCUT2D eigenvalue weighted by atomic mass is 10.1. The Balaban J connectivity index is 1.82. The van der Waals surface area contributed by atoms with Gasteiger partial charge in [-0.15, -0.1) is 0 Å². The van der Waals surface area contributed by atoms with Crippen LogP contribution in [0.2, 0.25) is 0 Å². The molecule has 0 fully saturated rings. The third-order valence-electron chi connectivity index (χ3n) is 3.49. The summed E-state index contributed by atoms with van der Waals surface area (Å²) in [5, 5.41) is 4.31. The van der Waals surface area contributed by atoms with Gasteiger partial charge in [-0.1, -0.05) is 30.3 Å². The van der Waals surface area contributed by atoms with E-state index in [2.05, 4.69) is 5.10 Å². The van der Waals surface area contributed by atoms with Crippen molar-refractivity contribution in [3.63, 3.8) is 0 Å². The first-order chi connectivity index (χ1) is 10.8. The number of methoxy groups -OCH3 is 1. The van der Waals surface area contributed by atoms with Crippen molar-refractivity contribution >= 4 is 0 Å². The predicted octanol–water partition coefficient (Wildman–Crippen LogP) is 4.03. The molecule has 4 nitrogen and oxygen atoms in total. The van der Waals surface area contributed by atoms with E-state index in [9.17, 15) is 0 Å². The fourth-order valence-corrected chi connectivity index (χ4v) is 2.34. The van der Waals surface area contributed by atoms with Crippen molar-refractivity contribution in [1.29, 1.82) is 0 Å². The molecule has 0 radical (unpaired) electrons. The van der Waals surface area contributed by atoms with Gasteiger partial charge in [-0.3, -0.25) is 4.68 Å². The highest BCUT2D eigenvalue weighted by molar-refractivity contribution is 5.66. The Morgan fingerprint density at radius 1 is 0.955 bits per heavy atom. The molecule has 112 valence electrons. The molecule has 3 rings (SSSR count). The standard InChI is InChI=1S/C18H18N2O2/c1-20-18(13-21-2)17(12-19-20)14-8-10-16(11-9-14)22-15-6-4-3-5-7-15/h3-12H,13H2,1-2H3. The first-order valence-electron chi connectivity index (χ1n) is 7.11. The van der Waals surface area contributed by atoms with E-state index in [-0.39, 0.29) is 0 Å². The van der Waals surface area contributed by atoms with Crippen LogP contribution in [0.15, 0.2) is 60.8 Å². The lowest BCUT2D eigenvalue weighted by molar-refractivity contribution is 0.178. The number of hydrogen-bond donors (Lipinski definition) is 0. The van der Waals surface area contributed by atoms with E-state index in [0.29, 0.717) is 6.61 Å². The Labute approximate surface area is 129 Å². The van der Waals surface area contributed by atoms with Gasteiger partial charge in [-0.05, 0) is 29.8 Å². The van der Waals surface area contributed by atoms with Crippen molar-refractivity contribution in [2.75, 3.05) is 7.11 Å². The van der Waals surface area contributed by atoms with E-state index >= 15 is 0 Å². The molecule has 0 N–H and O–H groups in total. The quantitative estimate of drug-likeness (QED) is 0.713. The third-order valence-corrected chi connectivity index (χ3v) is 3.49. The van der Waals surface area contributed by atoms with Crippen LogP contribution in [0.4, 0.5) is 0 Å². The van der Waals surface area contributed by atoms with Gasteiger partial charge >= 0.3 is 0 Å². The van der Waals surface area contributed by atoms with E-state index in [4.69, 9.17) is 9.47 Å². The maximum Gasteiger partial charge on any atom is 0.127 e. The highest BCUT2D eigenvalue weighted by atomic mass is 16.5. The predicted molar refractivity (Wildman–Crippen MR) is 85.9 cm³/mol. The summed E-state index contributed by atoms with van der Waals surface area (Å²) in [7, 11) is 3.61. The monoisotopic (exact) mass is 294 g/mol. The molecule has 0 aliphatic rings. The Morgan fingerprint density at radius 3 is 2.32 bits per heavy atom. The van der Waals surface area contributed by atoms with Crippen LogP contribution in [-0.4, -0.2) is 16.9 Å². The molecule has 1 heterocycles. The molecule has 3 aromatic rings. The fourth-order valence-electron chi connectivity index (χ4n) is 2.34. The molecular formula is C18H18N2O2. The first-order valence-corrected chi connectivity index (χ1v) is 7.11. The van der Waals surface area contributed by atoms with Gasteiger partial charge in [0.1, 0.15) is 11.5 Å². The minimum atomic E-state index is 0.536. The van der Waals surface area contributed by atoms with Gasteiger partial charge < -0.3 is 9.47 Å². The number of ether oxygens (including phenoxy) is 2. The topological polar surface area (TPSA) is 36.3 Å². The maximum atomic E-state index is 5.81. The lowest BCUT2D eigenvalue weighted by Crippen LogP contribution is -2.00. The summed E-state index contributed by atoms with van der Waals surface area (Å²) in [4.78, 5) is 0. The van der Waals surface area contributed by atoms with E-state index < -0.39 is 0 Å². The van der Waals surface area contributed by atoms with Gasteiger partial charge in [0.25, 0.3) is 0 Å². The molecule has 0 atom stereocenters. The lowest BCUT2D eigenvalue weighted by Gasteiger charge is -2.08. The molecular weight excluding hydrogens is 276 g/mol. The molecule has 0 saturated heterocycles.